The largest absolute Gasteiger partial charge is 0.389 e. The molecule has 0 aliphatic rings. The van der Waals surface area contributed by atoms with Crippen molar-refractivity contribution >= 4 is 63.0 Å². The van der Waals surface area contributed by atoms with E-state index in [1.54, 1.807) is 24.3 Å². The van der Waals surface area contributed by atoms with Crippen LogP contribution in [-0.2, 0) is 0 Å². The molecule has 0 fully saturated rings. The van der Waals surface area contributed by atoms with Crippen LogP contribution in [0.15, 0.2) is 36.5 Å². The fourth-order valence-electron chi connectivity index (χ4n) is 1.45. The molecule has 0 spiro atoms. The van der Waals surface area contributed by atoms with Crippen LogP contribution in [0, 0.1) is 3.57 Å². The fraction of sp³-hybridized carbons (Fsp3) is 0. The minimum Gasteiger partial charge on any atom is -0.389 e. The third kappa shape index (κ3) is 3.65. The molecular weight excluding hydrogens is 409 g/mol. The van der Waals surface area contributed by atoms with Crippen LogP contribution >= 0.6 is 46.4 Å². The Kier molecular flexibility index (Phi) is 4.90. The Morgan fingerprint density at radius 2 is 2.10 bits per heavy atom. The zero-order valence-electron chi connectivity index (χ0n) is 10.1. The molecule has 0 unspecified atom stereocenters. The average molecular weight is 418 g/mol. The summed E-state index contributed by atoms with van der Waals surface area (Å²) in [5.41, 5.74) is 6.89. The number of nitrogens with one attached hydrogen (secondary N) is 1. The molecule has 0 aliphatic heterocycles. The Labute approximate surface area is 139 Å². The molecule has 0 saturated carbocycles. The van der Waals surface area contributed by atoms with Gasteiger partial charge in [-0.2, -0.15) is 0 Å². The molecule has 20 heavy (non-hydrogen) atoms. The van der Waals surface area contributed by atoms with Gasteiger partial charge < -0.3 is 11.1 Å². The number of aromatic nitrogens is 1. The Bertz CT molecular complexity index is 676. The zero-order valence-corrected chi connectivity index (χ0v) is 13.8. The number of amides is 1. The van der Waals surface area contributed by atoms with Crippen LogP contribution in [-0.4, -0.2) is 15.9 Å². The number of nitrogens with zero attached hydrogens (tertiary/aromatic N) is 1. The van der Waals surface area contributed by atoms with Gasteiger partial charge in [-0.1, -0.05) is 23.8 Å². The average Bonchev–Trinajstić information content (AvgIpc) is 2.42. The number of benzene rings is 1. The van der Waals surface area contributed by atoms with Crippen molar-refractivity contribution in [2.45, 2.75) is 0 Å². The fourth-order valence-corrected chi connectivity index (χ4v) is 2.47. The maximum atomic E-state index is 12.0. The van der Waals surface area contributed by atoms with E-state index in [9.17, 15) is 4.79 Å². The second kappa shape index (κ2) is 6.47. The predicted octanol–water partition coefficient (Wildman–Crippen LogP) is 3.23. The number of hydrogen-bond donors (Lipinski definition) is 2. The van der Waals surface area contributed by atoms with Crippen LogP contribution in [0.25, 0.3) is 0 Å². The molecule has 7 heteroatoms. The van der Waals surface area contributed by atoms with Gasteiger partial charge in [0.15, 0.2) is 0 Å². The Balaban J connectivity index is 2.17. The molecule has 1 aromatic carbocycles. The van der Waals surface area contributed by atoms with Gasteiger partial charge in [-0.25, -0.2) is 0 Å². The Morgan fingerprint density at radius 3 is 2.65 bits per heavy atom. The van der Waals surface area contributed by atoms with Gasteiger partial charge in [-0.3, -0.25) is 9.78 Å². The highest BCUT2D eigenvalue weighted by molar-refractivity contribution is 14.1. The minimum atomic E-state index is -0.345. The lowest BCUT2D eigenvalue weighted by atomic mass is 10.2. The number of carbonyl (C=O) groups excluding carboxylic acids is 1. The predicted molar refractivity (Wildman–Crippen MR) is 92.2 cm³/mol. The number of nitrogens with two attached hydrogens (primary N) is 1. The second-order valence-corrected chi connectivity index (χ2v) is 5.97. The van der Waals surface area contributed by atoms with E-state index in [1.807, 2.05) is 6.07 Å². The number of carbonyl (C=O) groups is 1. The highest BCUT2D eigenvalue weighted by atomic mass is 127. The molecule has 0 bridgehead atoms. The molecule has 0 atom stereocenters. The molecule has 1 heterocycles. The van der Waals surface area contributed by atoms with Crippen LogP contribution in [0.2, 0.25) is 5.02 Å². The summed E-state index contributed by atoms with van der Waals surface area (Å²) in [6, 6.07) is 8.57. The lowest BCUT2D eigenvalue weighted by Gasteiger charge is -2.07. The standard InChI is InChI=1S/C13H9ClIN3OS/c14-9-5-8(15)2-4-10(9)18-13(19)11-3-1-7(6-17-11)12(16)20/h1-6H,(H2,16,20)(H,18,19). The van der Waals surface area contributed by atoms with E-state index in [0.717, 1.165) is 3.57 Å². The molecule has 0 radical (unpaired) electrons. The second-order valence-electron chi connectivity index (χ2n) is 3.87. The van der Waals surface area contributed by atoms with E-state index in [2.05, 4.69) is 32.9 Å². The minimum absolute atomic E-state index is 0.241. The van der Waals surface area contributed by atoms with E-state index in [4.69, 9.17) is 29.6 Å². The molecule has 1 amide bonds. The highest BCUT2D eigenvalue weighted by Crippen LogP contribution is 2.24. The maximum absolute atomic E-state index is 12.0. The topological polar surface area (TPSA) is 68.0 Å². The van der Waals surface area contributed by atoms with Crippen molar-refractivity contribution in [3.63, 3.8) is 0 Å². The maximum Gasteiger partial charge on any atom is 0.274 e. The van der Waals surface area contributed by atoms with Crippen LogP contribution in [0.3, 0.4) is 0 Å². The van der Waals surface area contributed by atoms with Gasteiger partial charge in [0.05, 0.1) is 10.7 Å². The smallest absolute Gasteiger partial charge is 0.274 e. The third-order valence-electron chi connectivity index (χ3n) is 2.46. The summed E-state index contributed by atoms with van der Waals surface area (Å²) < 4.78 is 0.990. The van der Waals surface area contributed by atoms with Gasteiger partial charge in [0.1, 0.15) is 10.7 Å². The molecule has 2 rings (SSSR count). The van der Waals surface area contributed by atoms with Crippen molar-refractivity contribution in [2.24, 2.45) is 5.73 Å². The SMILES string of the molecule is NC(=S)c1ccc(C(=O)Nc2ccc(I)cc2Cl)nc1. The summed E-state index contributed by atoms with van der Waals surface area (Å²) in [5, 5.41) is 3.18. The van der Waals surface area contributed by atoms with E-state index in [-0.39, 0.29) is 16.6 Å². The molecule has 3 N–H and O–H groups in total. The molecule has 102 valence electrons. The van der Waals surface area contributed by atoms with Crippen molar-refractivity contribution in [1.29, 1.82) is 0 Å². The van der Waals surface area contributed by atoms with Crippen molar-refractivity contribution < 1.29 is 4.79 Å². The third-order valence-corrected chi connectivity index (χ3v) is 3.68. The van der Waals surface area contributed by atoms with Crippen LogP contribution < -0.4 is 11.1 Å². The zero-order chi connectivity index (χ0) is 14.7. The van der Waals surface area contributed by atoms with Crippen molar-refractivity contribution in [3.05, 3.63) is 56.4 Å². The Hall–Kier alpha value is -1.25. The molecule has 0 aliphatic carbocycles. The number of rotatable bonds is 3. The normalized spacial score (nSPS) is 10.1. The van der Waals surface area contributed by atoms with Gasteiger partial charge in [-0.05, 0) is 52.9 Å². The van der Waals surface area contributed by atoms with Crippen molar-refractivity contribution in [3.8, 4) is 0 Å². The van der Waals surface area contributed by atoms with E-state index in [0.29, 0.717) is 16.3 Å². The first-order valence-corrected chi connectivity index (χ1v) is 7.36. The highest BCUT2D eigenvalue weighted by Gasteiger charge is 2.10. The quantitative estimate of drug-likeness (QED) is 0.594. The van der Waals surface area contributed by atoms with Crippen molar-refractivity contribution in [1.82, 2.24) is 4.98 Å². The summed E-state index contributed by atoms with van der Waals surface area (Å²) in [5.74, 6) is -0.345. The van der Waals surface area contributed by atoms with E-state index < -0.39 is 0 Å². The summed E-state index contributed by atoms with van der Waals surface area (Å²) >= 11 is 13.0. The first kappa shape index (κ1) is 15.1. The summed E-state index contributed by atoms with van der Waals surface area (Å²) in [7, 11) is 0. The van der Waals surface area contributed by atoms with Crippen LogP contribution in [0.5, 0.6) is 0 Å². The number of thiocarbonyl (C=S) groups is 1. The Morgan fingerprint density at radius 1 is 1.35 bits per heavy atom. The van der Waals surface area contributed by atoms with E-state index >= 15 is 0 Å². The molecular formula is C13H9ClIN3OS. The van der Waals surface area contributed by atoms with Gasteiger partial charge in [0.25, 0.3) is 5.91 Å². The first-order valence-electron chi connectivity index (χ1n) is 5.49. The number of pyridine rings is 1. The summed E-state index contributed by atoms with van der Waals surface area (Å²) in [6.07, 6.45) is 1.47. The first-order chi connectivity index (χ1) is 9.47. The van der Waals surface area contributed by atoms with E-state index in [1.165, 1.54) is 6.20 Å². The molecule has 2 aromatic rings. The lowest BCUT2D eigenvalue weighted by Crippen LogP contribution is -2.15. The van der Waals surface area contributed by atoms with Crippen LogP contribution in [0.1, 0.15) is 16.1 Å². The number of hydrogen-bond acceptors (Lipinski definition) is 3. The van der Waals surface area contributed by atoms with Gasteiger partial charge in [-0.15, -0.1) is 0 Å². The van der Waals surface area contributed by atoms with Gasteiger partial charge in [0, 0.05) is 15.3 Å². The number of anilines is 1. The number of halogens is 2. The van der Waals surface area contributed by atoms with Crippen molar-refractivity contribution in [2.75, 3.05) is 5.32 Å². The summed E-state index contributed by atoms with van der Waals surface area (Å²) in [6.45, 7) is 0. The molecule has 1 aromatic heterocycles. The lowest BCUT2D eigenvalue weighted by molar-refractivity contribution is 0.102. The molecule has 4 nitrogen and oxygen atoms in total. The monoisotopic (exact) mass is 417 g/mol. The van der Waals surface area contributed by atoms with Crippen LogP contribution in [0.4, 0.5) is 5.69 Å². The molecule has 0 saturated heterocycles. The van der Waals surface area contributed by atoms with Gasteiger partial charge in [0.2, 0.25) is 0 Å². The van der Waals surface area contributed by atoms with Gasteiger partial charge >= 0.3 is 0 Å². The summed E-state index contributed by atoms with van der Waals surface area (Å²) in [4.78, 5) is 16.3.